The van der Waals surface area contributed by atoms with E-state index in [1.165, 1.54) is 0 Å². The van der Waals surface area contributed by atoms with Crippen molar-refractivity contribution in [2.75, 3.05) is 13.1 Å². The molecule has 0 aliphatic heterocycles. The highest BCUT2D eigenvalue weighted by Crippen LogP contribution is 2.19. The van der Waals surface area contributed by atoms with E-state index >= 15 is 0 Å². The van der Waals surface area contributed by atoms with Gasteiger partial charge in [0.25, 0.3) is 5.91 Å². The van der Waals surface area contributed by atoms with Crippen LogP contribution >= 0.6 is 23.2 Å². The summed E-state index contributed by atoms with van der Waals surface area (Å²) < 4.78 is 0. The van der Waals surface area contributed by atoms with Crippen molar-refractivity contribution >= 4 is 29.1 Å². The van der Waals surface area contributed by atoms with E-state index < -0.39 is 0 Å². The van der Waals surface area contributed by atoms with E-state index in [4.69, 9.17) is 23.2 Å². The average Bonchev–Trinajstić information content (AvgIpc) is 2.29. The third kappa shape index (κ3) is 5.00. The van der Waals surface area contributed by atoms with Crippen molar-refractivity contribution < 1.29 is 4.79 Å². The predicted octanol–water partition coefficient (Wildman–Crippen LogP) is 4.14. The van der Waals surface area contributed by atoms with Crippen molar-refractivity contribution in [1.82, 2.24) is 9.88 Å². The van der Waals surface area contributed by atoms with Crippen LogP contribution in [-0.4, -0.2) is 28.9 Å². The summed E-state index contributed by atoms with van der Waals surface area (Å²) in [7, 11) is 0. The van der Waals surface area contributed by atoms with Crippen LogP contribution < -0.4 is 0 Å². The maximum absolute atomic E-state index is 12.5. The Morgan fingerprint density at radius 1 is 1.16 bits per heavy atom. The van der Waals surface area contributed by atoms with Crippen LogP contribution in [0.25, 0.3) is 0 Å². The van der Waals surface area contributed by atoms with Crippen molar-refractivity contribution in [3.8, 4) is 0 Å². The van der Waals surface area contributed by atoms with Crippen LogP contribution in [0.2, 0.25) is 10.2 Å². The molecule has 3 nitrogen and oxygen atoms in total. The summed E-state index contributed by atoms with van der Waals surface area (Å²) in [6.45, 7) is 9.67. The Morgan fingerprint density at radius 3 is 2.16 bits per heavy atom. The minimum atomic E-state index is -0.157. The smallest absolute Gasteiger partial charge is 0.274 e. The van der Waals surface area contributed by atoms with Crippen LogP contribution in [0.3, 0.4) is 0 Å². The van der Waals surface area contributed by atoms with Crippen molar-refractivity contribution in [2.45, 2.75) is 27.7 Å². The molecule has 19 heavy (non-hydrogen) atoms. The molecule has 0 bridgehead atoms. The summed E-state index contributed by atoms with van der Waals surface area (Å²) in [5, 5.41) is 0.619. The topological polar surface area (TPSA) is 33.2 Å². The van der Waals surface area contributed by atoms with Crippen LogP contribution in [0.4, 0.5) is 0 Å². The maximum atomic E-state index is 12.5. The Bertz CT molecular complexity index is 437. The zero-order valence-corrected chi connectivity index (χ0v) is 13.3. The molecule has 1 rings (SSSR count). The van der Waals surface area contributed by atoms with E-state index in [9.17, 15) is 4.79 Å². The van der Waals surface area contributed by atoms with Gasteiger partial charge in [-0.15, -0.1) is 0 Å². The van der Waals surface area contributed by atoms with Crippen LogP contribution in [0.15, 0.2) is 12.1 Å². The minimum absolute atomic E-state index is 0.157. The van der Waals surface area contributed by atoms with E-state index in [1.54, 1.807) is 17.0 Å². The number of halogens is 2. The lowest BCUT2D eigenvalue weighted by Crippen LogP contribution is -2.37. The first-order valence-electron chi connectivity index (χ1n) is 6.42. The number of carbonyl (C=O) groups is 1. The third-order valence-electron chi connectivity index (χ3n) is 2.47. The fourth-order valence-corrected chi connectivity index (χ4v) is 2.17. The number of pyridine rings is 1. The lowest BCUT2D eigenvalue weighted by molar-refractivity contribution is 0.0709. The molecule has 0 unspecified atom stereocenters. The van der Waals surface area contributed by atoms with Gasteiger partial charge in [-0.1, -0.05) is 50.9 Å². The van der Waals surface area contributed by atoms with E-state index in [0.717, 1.165) is 0 Å². The molecule has 106 valence electrons. The molecule has 5 heteroatoms. The SMILES string of the molecule is CC(C)CN(CC(C)C)C(=O)c1nc(Cl)ccc1Cl. The van der Waals surface area contributed by atoms with Crippen molar-refractivity contribution in [1.29, 1.82) is 0 Å². The number of aromatic nitrogens is 1. The van der Waals surface area contributed by atoms with E-state index in [0.29, 0.717) is 29.9 Å². The van der Waals surface area contributed by atoms with Crippen LogP contribution in [0.1, 0.15) is 38.2 Å². The summed E-state index contributed by atoms with van der Waals surface area (Å²) in [4.78, 5) is 18.4. The highest BCUT2D eigenvalue weighted by Gasteiger charge is 2.21. The van der Waals surface area contributed by atoms with Crippen molar-refractivity contribution in [2.24, 2.45) is 11.8 Å². The molecule has 0 aromatic carbocycles. The standard InChI is InChI=1S/C14H20Cl2N2O/c1-9(2)7-18(8-10(3)4)14(19)13-11(15)5-6-12(16)17-13/h5-6,9-10H,7-8H2,1-4H3. The Kier molecular flexibility index (Phi) is 6.08. The summed E-state index contributed by atoms with van der Waals surface area (Å²) >= 11 is 11.9. The van der Waals surface area contributed by atoms with Crippen LogP contribution in [-0.2, 0) is 0 Å². The van der Waals surface area contributed by atoms with Gasteiger partial charge in [0, 0.05) is 13.1 Å². The Hall–Kier alpha value is -0.800. The Labute approximate surface area is 124 Å². The van der Waals surface area contributed by atoms with Gasteiger partial charge in [0.2, 0.25) is 0 Å². The molecular weight excluding hydrogens is 283 g/mol. The van der Waals surface area contributed by atoms with Gasteiger partial charge < -0.3 is 4.90 Å². The first-order chi connectivity index (χ1) is 8.81. The molecule has 1 amide bonds. The number of nitrogens with zero attached hydrogens (tertiary/aromatic N) is 2. The van der Waals surface area contributed by atoms with Gasteiger partial charge in [0.1, 0.15) is 10.8 Å². The maximum Gasteiger partial charge on any atom is 0.274 e. The monoisotopic (exact) mass is 302 g/mol. The lowest BCUT2D eigenvalue weighted by atomic mass is 10.1. The van der Waals surface area contributed by atoms with Gasteiger partial charge >= 0.3 is 0 Å². The third-order valence-corrected chi connectivity index (χ3v) is 2.99. The fourth-order valence-electron chi connectivity index (χ4n) is 1.84. The number of hydrogen-bond donors (Lipinski definition) is 0. The molecule has 0 aliphatic rings. The minimum Gasteiger partial charge on any atom is -0.337 e. The van der Waals surface area contributed by atoms with Gasteiger partial charge in [-0.2, -0.15) is 0 Å². The Morgan fingerprint density at radius 2 is 1.68 bits per heavy atom. The van der Waals surface area contributed by atoms with E-state index in [-0.39, 0.29) is 16.8 Å². The summed E-state index contributed by atoms with van der Waals surface area (Å²) in [5.74, 6) is 0.621. The highest BCUT2D eigenvalue weighted by atomic mass is 35.5. The normalized spacial score (nSPS) is 11.2. The van der Waals surface area contributed by atoms with Gasteiger partial charge in [-0.05, 0) is 24.0 Å². The highest BCUT2D eigenvalue weighted by molar-refractivity contribution is 6.34. The molecule has 1 heterocycles. The second-order valence-electron chi connectivity index (χ2n) is 5.46. The molecule has 1 aromatic heterocycles. The number of carbonyl (C=O) groups excluding carboxylic acids is 1. The van der Waals surface area contributed by atoms with Crippen molar-refractivity contribution in [3.05, 3.63) is 28.0 Å². The average molecular weight is 303 g/mol. The first-order valence-corrected chi connectivity index (χ1v) is 7.18. The van der Waals surface area contributed by atoms with Gasteiger partial charge in [0.15, 0.2) is 0 Å². The fraction of sp³-hybridized carbons (Fsp3) is 0.571. The molecule has 0 saturated carbocycles. The molecule has 0 saturated heterocycles. The molecule has 0 spiro atoms. The first kappa shape index (κ1) is 16.3. The van der Waals surface area contributed by atoms with E-state index in [2.05, 4.69) is 32.7 Å². The number of hydrogen-bond acceptors (Lipinski definition) is 2. The van der Waals surface area contributed by atoms with Crippen LogP contribution in [0.5, 0.6) is 0 Å². The number of rotatable bonds is 5. The molecule has 0 radical (unpaired) electrons. The molecular formula is C14H20Cl2N2O. The quantitative estimate of drug-likeness (QED) is 0.766. The molecule has 0 N–H and O–H groups in total. The summed E-state index contributed by atoms with van der Waals surface area (Å²) in [5.41, 5.74) is 0.232. The summed E-state index contributed by atoms with van der Waals surface area (Å²) in [6, 6.07) is 3.18. The molecule has 0 fully saturated rings. The van der Waals surface area contributed by atoms with Gasteiger partial charge in [-0.3, -0.25) is 4.79 Å². The van der Waals surface area contributed by atoms with E-state index in [1.807, 2.05) is 0 Å². The van der Waals surface area contributed by atoms with Gasteiger partial charge in [-0.25, -0.2) is 4.98 Å². The zero-order chi connectivity index (χ0) is 14.6. The summed E-state index contributed by atoms with van der Waals surface area (Å²) in [6.07, 6.45) is 0. The second kappa shape index (κ2) is 7.11. The lowest BCUT2D eigenvalue weighted by Gasteiger charge is -2.26. The second-order valence-corrected chi connectivity index (χ2v) is 6.26. The Balaban J connectivity index is 3.00. The van der Waals surface area contributed by atoms with Gasteiger partial charge in [0.05, 0.1) is 5.02 Å². The molecule has 0 aliphatic carbocycles. The van der Waals surface area contributed by atoms with Crippen molar-refractivity contribution in [3.63, 3.8) is 0 Å². The molecule has 0 atom stereocenters. The molecule has 1 aromatic rings. The van der Waals surface area contributed by atoms with Crippen LogP contribution in [0, 0.1) is 11.8 Å². The predicted molar refractivity (Wildman–Crippen MR) is 79.8 cm³/mol. The largest absolute Gasteiger partial charge is 0.337 e. The zero-order valence-electron chi connectivity index (χ0n) is 11.8. The number of amides is 1.